The summed E-state index contributed by atoms with van der Waals surface area (Å²) in [6, 6.07) is 14.3. The number of amides is 2. The average Bonchev–Trinajstić information content (AvgIpc) is 3.34. The summed E-state index contributed by atoms with van der Waals surface area (Å²) < 4.78 is 26.6. The molecule has 2 amide bonds. The number of benzene rings is 2. The van der Waals surface area contributed by atoms with Crippen LogP contribution in [0, 0.1) is 11.3 Å². The third-order valence-electron chi connectivity index (χ3n) is 5.39. The summed E-state index contributed by atoms with van der Waals surface area (Å²) in [7, 11) is -3.54. The van der Waals surface area contributed by atoms with Crippen LogP contribution in [0.15, 0.2) is 59.5 Å². The Morgan fingerprint density at radius 3 is 2.38 bits per heavy atom. The molecule has 2 aromatic rings. The lowest BCUT2D eigenvalue weighted by Gasteiger charge is -2.21. The molecule has 0 radical (unpaired) electrons. The van der Waals surface area contributed by atoms with Gasteiger partial charge in [-0.05, 0) is 48.0 Å². The Hall–Kier alpha value is -3.13. The third kappa shape index (κ3) is 5.86. The summed E-state index contributed by atoms with van der Waals surface area (Å²) in [5.41, 5.74) is 1.73. The Kier molecular flexibility index (Phi) is 8.50. The highest BCUT2D eigenvalue weighted by molar-refractivity contribution is 7.99. The minimum Gasteiger partial charge on any atom is -0.324 e. The number of sulfonamides is 1. The van der Waals surface area contributed by atoms with Crippen LogP contribution >= 0.6 is 11.8 Å². The number of nitrogens with zero attached hydrogens (tertiary/aromatic N) is 3. The molecule has 0 spiro atoms. The fourth-order valence-electron chi connectivity index (χ4n) is 3.46. The average molecular weight is 499 g/mol. The molecule has 2 aromatic carbocycles. The molecule has 34 heavy (non-hydrogen) atoms. The molecule has 10 heteroatoms. The number of carbonyl (C=O) groups excluding carboxylic acids is 2. The molecule has 1 saturated heterocycles. The second-order valence-electron chi connectivity index (χ2n) is 7.49. The van der Waals surface area contributed by atoms with Crippen LogP contribution in [-0.2, 0) is 19.6 Å². The largest absolute Gasteiger partial charge is 0.324 e. The van der Waals surface area contributed by atoms with Gasteiger partial charge in [0.1, 0.15) is 6.04 Å². The zero-order chi connectivity index (χ0) is 24.7. The number of thioether (sulfide) groups is 1. The van der Waals surface area contributed by atoms with Gasteiger partial charge in [-0.1, -0.05) is 26.0 Å². The van der Waals surface area contributed by atoms with Gasteiger partial charge in [-0.3, -0.25) is 9.59 Å². The van der Waals surface area contributed by atoms with Crippen molar-refractivity contribution in [1.82, 2.24) is 9.21 Å². The predicted octanol–water partition coefficient (Wildman–Crippen LogP) is 3.14. The molecule has 1 aliphatic heterocycles. The number of rotatable bonds is 8. The summed E-state index contributed by atoms with van der Waals surface area (Å²) in [6.07, 6.45) is 3.00. The smallest absolute Gasteiger partial charge is 0.248 e. The van der Waals surface area contributed by atoms with Gasteiger partial charge in [-0.25, -0.2) is 8.42 Å². The highest BCUT2D eigenvalue weighted by Gasteiger charge is 2.33. The van der Waals surface area contributed by atoms with Gasteiger partial charge in [0.05, 0.1) is 22.4 Å². The fourth-order valence-corrected chi connectivity index (χ4v) is 6.08. The summed E-state index contributed by atoms with van der Waals surface area (Å²) in [5, 5.41) is 11.7. The Morgan fingerprint density at radius 1 is 1.15 bits per heavy atom. The molecule has 1 fully saturated rings. The van der Waals surface area contributed by atoms with Crippen molar-refractivity contribution in [1.29, 1.82) is 5.26 Å². The number of nitriles is 1. The fraction of sp³-hybridized carbons (Fsp3) is 0.292. The van der Waals surface area contributed by atoms with E-state index in [2.05, 4.69) is 5.32 Å². The van der Waals surface area contributed by atoms with E-state index < -0.39 is 16.1 Å². The van der Waals surface area contributed by atoms with E-state index in [1.807, 2.05) is 6.07 Å². The van der Waals surface area contributed by atoms with E-state index in [9.17, 15) is 18.0 Å². The second kappa shape index (κ2) is 11.3. The lowest BCUT2D eigenvalue weighted by molar-refractivity contribution is -0.132. The summed E-state index contributed by atoms with van der Waals surface area (Å²) >= 11 is 1.49. The first-order valence-corrected chi connectivity index (χ1v) is 13.4. The van der Waals surface area contributed by atoms with Crippen molar-refractivity contribution in [2.75, 3.05) is 30.0 Å². The Morgan fingerprint density at radius 2 is 1.79 bits per heavy atom. The summed E-state index contributed by atoms with van der Waals surface area (Å²) in [5.74, 6) is 0.294. The summed E-state index contributed by atoms with van der Waals surface area (Å²) in [4.78, 5) is 27.2. The molecule has 0 aromatic heterocycles. The molecule has 1 heterocycles. The highest BCUT2D eigenvalue weighted by Crippen LogP contribution is 2.23. The van der Waals surface area contributed by atoms with Crippen molar-refractivity contribution in [2.45, 2.75) is 24.8 Å². The van der Waals surface area contributed by atoms with Crippen LogP contribution in [0.2, 0.25) is 0 Å². The molecule has 8 nitrogen and oxygen atoms in total. The first kappa shape index (κ1) is 25.5. The van der Waals surface area contributed by atoms with Crippen LogP contribution in [0.25, 0.3) is 6.08 Å². The zero-order valence-electron chi connectivity index (χ0n) is 19.0. The van der Waals surface area contributed by atoms with Gasteiger partial charge in [0.15, 0.2) is 0 Å². The van der Waals surface area contributed by atoms with Gasteiger partial charge in [0.25, 0.3) is 0 Å². The van der Waals surface area contributed by atoms with Crippen molar-refractivity contribution in [3.8, 4) is 6.07 Å². The van der Waals surface area contributed by atoms with Crippen molar-refractivity contribution in [2.24, 2.45) is 0 Å². The van der Waals surface area contributed by atoms with E-state index in [0.29, 0.717) is 41.5 Å². The van der Waals surface area contributed by atoms with Crippen molar-refractivity contribution in [3.63, 3.8) is 0 Å². The first-order chi connectivity index (χ1) is 16.3. The Bertz CT molecular complexity index is 1200. The number of hydrogen-bond acceptors (Lipinski definition) is 6. The molecule has 178 valence electrons. The highest BCUT2D eigenvalue weighted by atomic mass is 32.2. The maximum atomic E-state index is 12.8. The molecule has 0 aliphatic carbocycles. The van der Waals surface area contributed by atoms with Crippen molar-refractivity contribution in [3.05, 3.63) is 65.7 Å². The normalized spacial score (nSPS) is 16.1. The zero-order valence-corrected chi connectivity index (χ0v) is 20.6. The monoisotopic (exact) mass is 498 g/mol. The van der Waals surface area contributed by atoms with Crippen molar-refractivity contribution >= 4 is 45.4 Å². The van der Waals surface area contributed by atoms with Crippen LogP contribution in [-0.4, -0.2) is 60.2 Å². The lowest BCUT2D eigenvalue weighted by atomic mass is 10.2. The molecule has 0 saturated carbocycles. The number of hydrogen-bond donors (Lipinski definition) is 1. The van der Waals surface area contributed by atoms with Gasteiger partial charge in [0.2, 0.25) is 21.8 Å². The molecular formula is C24H26N4O4S2. The van der Waals surface area contributed by atoms with Crippen LogP contribution in [0.4, 0.5) is 5.69 Å². The molecule has 1 N–H and O–H groups in total. The SMILES string of the molecule is CCN(CC)S(=O)(=O)c1ccc(C=CC(=O)N2CSCC2C(=O)Nc2ccc(C#N)cc2)cc1. The van der Waals surface area contributed by atoms with Crippen LogP contribution in [0.5, 0.6) is 0 Å². The van der Waals surface area contributed by atoms with Crippen molar-refractivity contribution < 1.29 is 18.0 Å². The first-order valence-electron chi connectivity index (χ1n) is 10.8. The van der Waals surface area contributed by atoms with Gasteiger partial charge >= 0.3 is 0 Å². The van der Waals surface area contributed by atoms with Gasteiger partial charge in [-0.15, -0.1) is 11.8 Å². The quantitative estimate of drug-likeness (QED) is 0.560. The van der Waals surface area contributed by atoms with E-state index >= 15 is 0 Å². The van der Waals surface area contributed by atoms with Gasteiger partial charge in [0, 0.05) is 30.6 Å². The minimum atomic E-state index is -3.54. The summed E-state index contributed by atoms with van der Waals surface area (Å²) in [6.45, 7) is 4.36. The molecule has 1 aliphatic rings. The maximum absolute atomic E-state index is 12.8. The maximum Gasteiger partial charge on any atom is 0.248 e. The van der Waals surface area contributed by atoms with Crippen LogP contribution < -0.4 is 5.32 Å². The Labute approximate surface area is 204 Å². The minimum absolute atomic E-state index is 0.204. The third-order valence-corrected chi connectivity index (χ3v) is 8.47. The van der Waals surface area contributed by atoms with Gasteiger partial charge < -0.3 is 10.2 Å². The molecule has 3 rings (SSSR count). The topological polar surface area (TPSA) is 111 Å². The van der Waals surface area contributed by atoms with Crippen LogP contribution in [0.3, 0.4) is 0 Å². The number of nitrogens with one attached hydrogen (secondary N) is 1. The van der Waals surface area contributed by atoms with E-state index in [4.69, 9.17) is 5.26 Å². The van der Waals surface area contributed by atoms with E-state index in [-0.39, 0.29) is 16.7 Å². The van der Waals surface area contributed by atoms with Crippen LogP contribution in [0.1, 0.15) is 25.0 Å². The molecule has 1 atom stereocenters. The molecule has 0 bridgehead atoms. The number of anilines is 1. The van der Waals surface area contributed by atoms with E-state index in [0.717, 1.165) is 0 Å². The predicted molar refractivity (Wildman–Crippen MR) is 133 cm³/mol. The van der Waals surface area contributed by atoms with Gasteiger partial charge in [-0.2, -0.15) is 9.57 Å². The number of carbonyl (C=O) groups is 2. The van der Waals surface area contributed by atoms with E-state index in [1.54, 1.807) is 56.3 Å². The standard InChI is InChI=1S/C24H26N4O4S2/c1-3-27(4-2)34(31,32)21-12-7-18(8-13-21)9-14-23(29)28-17-33-16-22(28)24(30)26-20-10-5-19(15-25)6-11-20/h5-14,22H,3-4,16-17H2,1-2H3,(H,26,30). The Balaban J connectivity index is 1.65. The van der Waals surface area contributed by atoms with E-state index in [1.165, 1.54) is 39.2 Å². The lowest BCUT2D eigenvalue weighted by Crippen LogP contribution is -2.43. The second-order valence-corrected chi connectivity index (χ2v) is 10.4. The molecular weight excluding hydrogens is 472 g/mol. The molecule has 1 unspecified atom stereocenters.